The van der Waals surface area contributed by atoms with Gasteiger partial charge in [0.05, 0.1) is 17.9 Å². The number of anilines is 1. The molecule has 2 aromatic carbocycles. The van der Waals surface area contributed by atoms with E-state index >= 15 is 0 Å². The van der Waals surface area contributed by atoms with E-state index < -0.39 is 17.9 Å². The first-order valence-electron chi connectivity index (χ1n) is 9.86. The number of hydrogen-bond donors (Lipinski definition) is 2. The Bertz CT molecular complexity index is 1070. The molecule has 1 unspecified atom stereocenters. The van der Waals surface area contributed by atoms with Gasteiger partial charge in [-0.05, 0) is 43.7 Å². The van der Waals surface area contributed by atoms with Crippen molar-refractivity contribution >= 4 is 23.5 Å². The zero-order chi connectivity index (χ0) is 22.2. The second-order valence-electron chi connectivity index (χ2n) is 6.72. The second-order valence-corrected chi connectivity index (χ2v) is 6.72. The Morgan fingerprint density at radius 2 is 1.58 bits per heavy atom. The highest BCUT2D eigenvalue weighted by molar-refractivity contribution is 6.01. The third-order valence-corrected chi connectivity index (χ3v) is 4.53. The molecule has 0 spiro atoms. The Kier molecular flexibility index (Phi) is 7.11. The van der Waals surface area contributed by atoms with Gasteiger partial charge in [-0.3, -0.25) is 9.59 Å². The number of rotatable bonds is 7. The summed E-state index contributed by atoms with van der Waals surface area (Å²) in [6.07, 6.45) is 0. The van der Waals surface area contributed by atoms with Gasteiger partial charge in [0.15, 0.2) is 0 Å². The van der Waals surface area contributed by atoms with E-state index in [1.165, 1.54) is 12.1 Å². The number of hydrogen-bond acceptors (Lipinski definition) is 5. The first-order chi connectivity index (χ1) is 15.0. The lowest BCUT2D eigenvalue weighted by Crippen LogP contribution is -2.37. The number of amides is 2. The highest BCUT2D eigenvalue weighted by atomic mass is 16.5. The van der Waals surface area contributed by atoms with Gasteiger partial charge in [-0.15, -0.1) is 0 Å². The van der Waals surface area contributed by atoms with Crippen LogP contribution >= 0.6 is 0 Å². The first kappa shape index (κ1) is 21.7. The lowest BCUT2D eigenvalue weighted by Gasteiger charge is -2.19. The van der Waals surface area contributed by atoms with Crippen LogP contribution in [0.5, 0.6) is 0 Å². The Balaban J connectivity index is 1.82. The largest absolute Gasteiger partial charge is 0.462 e. The third kappa shape index (κ3) is 5.54. The van der Waals surface area contributed by atoms with Crippen LogP contribution in [0.15, 0.2) is 72.8 Å². The number of aryl methyl sites for hydroxylation is 1. The number of nitrogens with one attached hydrogen (secondary N) is 2. The second kappa shape index (κ2) is 10.2. The number of aromatic nitrogens is 1. The fourth-order valence-electron chi connectivity index (χ4n) is 3.00. The molecule has 0 bridgehead atoms. The van der Waals surface area contributed by atoms with Crippen LogP contribution in [0.2, 0.25) is 0 Å². The van der Waals surface area contributed by atoms with Crippen LogP contribution in [0, 0.1) is 6.92 Å². The van der Waals surface area contributed by atoms with E-state index in [1.54, 1.807) is 50.2 Å². The molecule has 0 saturated carbocycles. The lowest BCUT2D eigenvalue weighted by molar-refractivity contribution is -0.118. The van der Waals surface area contributed by atoms with Crippen LogP contribution in [0.1, 0.15) is 45.1 Å². The number of carbonyl (C=O) groups is 3. The number of esters is 1. The molecule has 1 heterocycles. The summed E-state index contributed by atoms with van der Waals surface area (Å²) in [6.45, 7) is 3.59. The summed E-state index contributed by atoms with van der Waals surface area (Å²) < 4.78 is 4.99. The molecule has 1 aromatic heterocycles. The number of ether oxygens (including phenoxy) is 1. The minimum atomic E-state index is -0.930. The maximum Gasteiger partial charge on any atom is 0.339 e. The van der Waals surface area contributed by atoms with Crippen molar-refractivity contribution < 1.29 is 19.1 Å². The Labute approximate surface area is 180 Å². The van der Waals surface area contributed by atoms with Gasteiger partial charge in [-0.1, -0.05) is 48.5 Å². The van der Waals surface area contributed by atoms with Crippen molar-refractivity contribution in [2.75, 3.05) is 11.9 Å². The number of benzene rings is 2. The van der Waals surface area contributed by atoms with Crippen LogP contribution in [-0.2, 0) is 9.53 Å². The average Bonchev–Trinajstić information content (AvgIpc) is 2.78. The monoisotopic (exact) mass is 417 g/mol. The van der Waals surface area contributed by atoms with Crippen molar-refractivity contribution in [2.24, 2.45) is 0 Å². The predicted molar refractivity (Wildman–Crippen MR) is 117 cm³/mol. The van der Waals surface area contributed by atoms with Crippen molar-refractivity contribution in [1.82, 2.24) is 10.3 Å². The molecule has 7 nitrogen and oxygen atoms in total. The molecule has 0 aliphatic carbocycles. The van der Waals surface area contributed by atoms with Crippen molar-refractivity contribution in [1.29, 1.82) is 0 Å². The molecule has 0 aliphatic heterocycles. The molecule has 2 N–H and O–H groups in total. The van der Waals surface area contributed by atoms with Gasteiger partial charge in [-0.25, -0.2) is 9.78 Å². The maximum atomic E-state index is 13.0. The van der Waals surface area contributed by atoms with E-state index in [4.69, 9.17) is 4.74 Å². The van der Waals surface area contributed by atoms with Gasteiger partial charge < -0.3 is 15.4 Å². The summed E-state index contributed by atoms with van der Waals surface area (Å²) in [5, 5.41) is 5.55. The Morgan fingerprint density at radius 3 is 2.19 bits per heavy atom. The highest BCUT2D eigenvalue weighted by Gasteiger charge is 2.24. The molecule has 0 fully saturated rings. The van der Waals surface area contributed by atoms with Crippen molar-refractivity contribution in [3.05, 3.63) is 95.3 Å². The highest BCUT2D eigenvalue weighted by Crippen LogP contribution is 2.17. The molecule has 1 atom stereocenters. The van der Waals surface area contributed by atoms with Gasteiger partial charge in [0, 0.05) is 5.69 Å². The molecule has 7 heteroatoms. The van der Waals surface area contributed by atoms with Crippen molar-refractivity contribution in [2.45, 2.75) is 19.9 Å². The number of para-hydroxylation sites is 1. The van der Waals surface area contributed by atoms with Crippen molar-refractivity contribution in [3.63, 3.8) is 0 Å². The van der Waals surface area contributed by atoms with E-state index in [9.17, 15) is 14.4 Å². The van der Waals surface area contributed by atoms with E-state index in [-0.39, 0.29) is 18.2 Å². The Morgan fingerprint density at radius 1 is 0.935 bits per heavy atom. The van der Waals surface area contributed by atoms with Crippen LogP contribution in [0.4, 0.5) is 5.69 Å². The summed E-state index contributed by atoms with van der Waals surface area (Å²) in [6, 6.07) is 19.9. The number of pyridine rings is 1. The minimum Gasteiger partial charge on any atom is -0.462 e. The third-order valence-electron chi connectivity index (χ3n) is 4.53. The summed E-state index contributed by atoms with van der Waals surface area (Å²) in [4.78, 5) is 42.0. The van der Waals surface area contributed by atoms with Crippen LogP contribution < -0.4 is 10.6 Å². The van der Waals surface area contributed by atoms with Gasteiger partial charge >= 0.3 is 5.97 Å². The molecule has 158 valence electrons. The molecule has 31 heavy (non-hydrogen) atoms. The van der Waals surface area contributed by atoms with E-state index in [1.807, 2.05) is 24.3 Å². The number of carbonyl (C=O) groups excluding carboxylic acids is 3. The summed E-state index contributed by atoms with van der Waals surface area (Å²) in [7, 11) is 0. The average molecular weight is 417 g/mol. The first-order valence-corrected chi connectivity index (χ1v) is 9.86. The van der Waals surface area contributed by atoms with Gasteiger partial charge in [0.1, 0.15) is 11.7 Å². The summed E-state index contributed by atoms with van der Waals surface area (Å²) in [5.41, 5.74) is 2.01. The Hall–Kier alpha value is -4.00. The normalized spacial score (nSPS) is 11.3. The molecule has 3 rings (SSSR count). The zero-order valence-electron chi connectivity index (χ0n) is 17.3. The maximum absolute atomic E-state index is 13.0. The fourth-order valence-corrected chi connectivity index (χ4v) is 3.00. The minimum absolute atomic E-state index is 0.0963. The lowest BCUT2D eigenvalue weighted by atomic mass is 10.1. The molecule has 0 radical (unpaired) electrons. The molecule has 0 aliphatic rings. The number of nitrogens with zero attached hydrogens (tertiary/aromatic N) is 1. The molecular weight excluding hydrogens is 394 g/mol. The van der Waals surface area contributed by atoms with E-state index in [2.05, 4.69) is 15.6 Å². The smallest absolute Gasteiger partial charge is 0.339 e. The summed E-state index contributed by atoms with van der Waals surface area (Å²) >= 11 is 0. The fraction of sp³-hybridized carbons (Fsp3) is 0.167. The van der Waals surface area contributed by atoms with Crippen LogP contribution in [0.25, 0.3) is 0 Å². The molecule has 0 saturated heterocycles. The van der Waals surface area contributed by atoms with Crippen LogP contribution in [-0.4, -0.2) is 29.4 Å². The predicted octanol–water partition coefficient (Wildman–Crippen LogP) is 3.68. The standard InChI is InChI=1S/C24H23N3O4/c1-3-31-24(30)19-14-15-20(25-16(19)2)22(28)27-21(17-10-6-4-7-11-17)23(29)26-18-12-8-5-9-13-18/h4-15,21H,3H2,1-2H3,(H,26,29)(H,27,28). The molecular formula is C24H23N3O4. The SMILES string of the molecule is CCOC(=O)c1ccc(C(=O)NC(C(=O)Nc2ccccc2)c2ccccc2)nc1C. The molecule has 2 amide bonds. The van der Waals surface area contributed by atoms with E-state index in [0.29, 0.717) is 22.5 Å². The van der Waals surface area contributed by atoms with Crippen molar-refractivity contribution in [3.8, 4) is 0 Å². The van der Waals surface area contributed by atoms with E-state index in [0.717, 1.165) is 0 Å². The molecule has 3 aromatic rings. The zero-order valence-corrected chi connectivity index (χ0v) is 17.3. The van der Waals surface area contributed by atoms with Gasteiger partial charge in [0.25, 0.3) is 11.8 Å². The van der Waals surface area contributed by atoms with Crippen LogP contribution in [0.3, 0.4) is 0 Å². The van der Waals surface area contributed by atoms with Gasteiger partial charge in [0.2, 0.25) is 0 Å². The van der Waals surface area contributed by atoms with Gasteiger partial charge in [-0.2, -0.15) is 0 Å². The quantitative estimate of drug-likeness (QED) is 0.572. The summed E-state index contributed by atoms with van der Waals surface area (Å²) in [5.74, 6) is -1.41. The topological polar surface area (TPSA) is 97.4 Å².